The van der Waals surface area contributed by atoms with Gasteiger partial charge >= 0.3 is 0 Å². The first-order valence-corrected chi connectivity index (χ1v) is 7.69. The number of carbonyl (C=O) groups is 1. The predicted octanol–water partition coefficient (Wildman–Crippen LogP) is 2.92. The second-order valence-electron chi connectivity index (χ2n) is 5.27. The summed E-state index contributed by atoms with van der Waals surface area (Å²) in [5.41, 5.74) is 1.21. The number of halogens is 2. The van der Waals surface area contributed by atoms with Crippen molar-refractivity contribution in [3.05, 3.63) is 34.3 Å². The maximum absolute atomic E-state index is 12.0. The minimum absolute atomic E-state index is 0. The number of carbonyl (C=O) groups excluding carboxylic acids is 1. The Bertz CT molecular complexity index is 424. The van der Waals surface area contributed by atoms with Crippen LogP contribution >= 0.6 is 28.3 Å². The van der Waals surface area contributed by atoms with E-state index in [1.807, 2.05) is 12.1 Å². The van der Waals surface area contributed by atoms with Crippen LogP contribution in [0.1, 0.15) is 25.3 Å². The van der Waals surface area contributed by atoms with Gasteiger partial charge in [0.2, 0.25) is 5.91 Å². The van der Waals surface area contributed by atoms with Gasteiger partial charge in [-0.15, -0.1) is 12.4 Å². The Morgan fingerprint density at radius 2 is 2.10 bits per heavy atom. The van der Waals surface area contributed by atoms with Gasteiger partial charge < -0.3 is 10.6 Å². The highest BCUT2D eigenvalue weighted by Gasteiger charge is 2.22. The Balaban J connectivity index is 0.00000200. The molecule has 0 spiro atoms. The number of hydrogen-bond donors (Lipinski definition) is 2. The highest BCUT2D eigenvalue weighted by molar-refractivity contribution is 9.10. The van der Waals surface area contributed by atoms with Crippen LogP contribution in [-0.2, 0) is 11.2 Å². The van der Waals surface area contributed by atoms with Crippen molar-refractivity contribution in [1.29, 1.82) is 0 Å². The lowest BCUT2D eigenvalue weighted by Gasteiger charge is -2.30. The van der Waals surface area contributed by atoms with Crippen LogP contribution in [0.4, 0.5) is 0 Å². The van der Waals surface area contributed by atoms with E-state index in [2.05, 4.69) is 45.6 Å². The van der Waals surface area contributed by atoms with Crippen LogP contribution in [0.3, 0.4) is 0 Å². The number of piperidine rings is 1. The molecule has 1 heterocycles. The highest BCUT2D eigenvalue weighted by atomic mass is 79.9. The van der Waals surface area contributed by atoms with Gasteiger partial charge in [-0.25, -0.2) is 0 Å². The lowest BCUT2D eigenvalue weighted by molar-refractivity contribution is -0.122. The fourth-order valence-corrected chi connectivity index (χ4v) is 2.68. The molecule has 0 aromatic heterocycles. The van der Waals surface area contributed by atoms with E-state index in [-0.39, 0.29) is 18.3 Å². The molecule has 1 aliphatic heterocycles. The maximum atomic E-state index is 12.0. The number of rotatable bonds is 4. The summed E-state index contributed by atoms with van der Waals surface area (Å²) in [5, 5.41) is 6.51. The molecule has 2 N–H and O–H groups in total. The zero-order valence-electron chi connectivity index (χ0n) is 11.7. The van der Waals surface area contributed by atoms with Crippen LogP contribution in [0.2, 0.25) is 0 Å². The Morgan fingerprint density at radius 1 is 1.40 bits per heavy atom. The van der Waals surface area contributed by atoms with Gasteiger partial charge in [0.15, 0.2) is 0 Å². The summed E-state index contributed by atoms with van der Waals surface area (Å²) < 4.78 is 1.07. The summed E-state index contributed by atoms with van der Waals surface area (Å²) in [7, 11) is 0. The third-order valence-electron chi connectivity index (χ3n) is 3.69. The van der Waals surface area contributed by atoms with Gasteiger partial charge in [0.05, 0.1) is 0 Å². The molecule has 0 bridgehead atoms. The first-order valence-electron chi connectivity index (χ1n) is 6.89. The zero-order valence-corrected chi connectivity index (χ0v) is 14.1. The average molecular weight is 362 g/mol. The van der Waals surface area contributed by atoms with E-state index in [1.54, 1.807) is 0 Å². The molecule has 2 rings (SSSR count). The van der Waals surface area contributed by atoms with Crippen LogP contribution in [0.15, 0.2) is 28.7 Å². The standard InChI is InChI=1S/C15H21BrN2O.ClH/c1-11-10-17-9-8-14(11)18-15(19)7-4-12-2-5-13(16)6-3-12;/h2-3,5-6,11,14,17H,4,7-10H2,1H3,(H,18,19);1H. The minimum Gasteiger partial charge on any atom is -0.353 e. The van der Waals surface area contributed by atoms with Crippen molar-refractivity contribution in [3.63, 3.8) is 0 Å². The smallest absolute Gasteiger partial charge is 0.220 e. The topological polar surface area (TPSA) is 41.1 Å². The predicted molar refractivity (Wildman–Crippen MR) is 88.3 cm³/mol. The zero-order chi connectivity index (χ0) is 13.7. The van der Waals surface area contributed by atoms with E-state index in [1.165, 1.54) is 5.56 Å². The Kier molecular flexibility index (Phi) is 7.56. The molecule has 2 unspecified atom stereocenters. The molecule has 1 aromatic carbocycles. The summed E-state index contributed by atoms with van der Waals surface area (Å²) in [6, 6.07) is 8.48. The largest absolute Gasteiger partial charge is 0.353 e. The SMILES string of the molecule is CC1CNCCC1NC(=O)CCc1ccc(Br)cc1.Cl. The first kappa shape index (κ1) is 17.5. The molecule has 1 fully saturated rings. The molecule has 0 saturated carbocycles. The Labute approximate surface area is 135 Å². The first-order chi connectivity index (χ1) is 9.15. The van der Waals surface area contributed by atoms with E-state index >= 15 is 0 Å². The molecule has 0 radical (unpaired) electrons. The summed E-state index contributed by atoms with van der Waals surface area (Å²) in [6.45, 7) is 4.19. The van der Waals surface area contributed by atoms with E-state index in [9.17, 15) is 4.79 Å². The molecular formula is C15H22BrClN2O. The van der Waals surface area contributed by atoms with Crippen molar-refractivity contribution in [2.24, 2.45) is 5.92 Å². The number of nitrogens with one attached hydrogen (secondary N) is 2. The van der Waals surface area contributed by atoms with Gasteiger partial charge in [0, 0.05) is 16.9 Å². The second-order valence-corrected chi connectivity index (χ2v) is 6.19. The number of amides is 1. The van der Waals surface area contributed by atoms with Crippen molar-refractivity contribution in [2.45, 2.75) is 32.2 Å². The summed E-state index contributed by atoms with van der Waals surface area (Å²) in [5.74, 6) is 0.687. The Morgan fingerprint density at radius 3 is 2.75 bits per heavy atom. The molecule has 2 atom stereocenters. The van der Waals surface area contributed by atoms with Crippen molar-refractivity contribution in [1.82, 2.24) is 10.6 Å². The van der Waals surface area contributed by atoms with E-state index in [4.69, 9.17) is 0 Å². The fourth-order valence-electron chi connectivity index (χ4n) is 2.42. The molecule has 1 aliphatic rings. The van der Waals surface area contributed by atoms with Gasteiger partial charge in [-0.3, -0.25) is 4.79 Å². The summed E-state index contributed by atoms with van der Waals surface area (Å²) in [4.78, 5) is 12.0. The molecule has 1 saturated heterocycles. The van der Waals surface area contributed by atoms with E-state index in [0.29, 0.717) is 18.4 Å². The van der Waals surface area contributed by atoms with Crippen LogP contribution in [0, 0.1) is 5.92 Å². The molecule has 1 aromatic rings. The van der Waals surface area contributed by atoms with Crippen LogP contribution in [0.5, 0.6) is 0 Å². The summed E-state index contributed by atoms with van der Waals surface area (Å²) in [6.07, 6.45) is 2.40. The minimum atomic E-state index is 0. The molecule has 0 aliphatic carbocycles. The van der Waals surface area contributed by atoms with Crippen LogP contribution in [-0.4, -0.2) is 25.0 Å². The van der Waals surface area contributed by atoms with Crippen LogP contribution in [0.25, 0.3) is 0 Å². The van der Waals surface area contributed by atoms with Gasteiger partial charge in [-0.05, 0) is 49.5 Å². The second kappa shape index (κ2) is 8.65. The number of aryl methyl sites for hydroxylation is 1. The van der Waals surface area contributed by atoms with Crippen molar-refractivity contribution in [3.8, 4) is 0 Å². The molecule has 20 heavy (non-hydrogen) atoms. The fraction of sp³-hybridized carbons (Fsp3) is 0.533. The third-order valence-corrected chi connectivity index (χ3v) is 4.21. The maximum Gasteiger partial charge on any atom is 0.220 e. The van der Waals surface area contributed by atoms with Crippen molar-refractivity contribution >= 4 is 34.2 Å². The van der Waals surface area contributed by atoms with Gasteiger partial charge in [-0.2, -0.15) is 0 Å². The van der Waals surface area contributed by atoms with E-state index < -0.39 is 0 Å². The van der Waals surface area contributed by atoms with E-state index in [0.717, 1.165) is 30.4 Å². The highest BCUT2D eigenvalue weighted by Crippen LogP contribution is 2.13. The van der Waals surface area contributed by atoms with Crippen molar-refractivity contribution in [2.75, 3.05) is 13.1 Å². The monoisotopic (exact) mass is 360 g/mol. The van der Waals surface area contributed by atoms with Gasteiger partial charge in [-0.1, -0.05) is 35.0 Å². The average Bonchev–Trinajstić information content (AvgIpc) is 2.41. The quantitative estimate of drug-likeness (QED) is 0.866. The molecule has 112 valence electrons. The molecule has 1 amide bonds. The number of hydrogen-bond acceptors (Lipinski definition) is 2. The lowest BCUT2D eigenvalue weighted by Crippen LogP contribution is -2.48. The van der Waals surface area contributed by atoms with Gasteiger partial charge in [0.1, 0.15) is 0 Å². The van der Waals surface area contributed by atoms with Crippen LogP contribution < -0.4 is 10.6 Å². The third kappa shape index (κ3) is 5.43. The molecule has 5 heteroatoms. The van der Waals surface area contributed by atoms with Crippen molar-refractivity contribution < 1.29 is 4.79 Å². The molecule has 3 nitrogen and oxygen atoms in total. The van der Waals surface area contributed by atoms with Gasteiger partial charge in [0.25, 0.3) is 0 Å². The lowest BCUT2D eigenvalue weighted by atomic mass is 9.95. The summed E-state index contributed by atoms with van der Waals surface area (Å²) >= 11 is 3.41. The number of benzene rings is 1. The Hall–Kier alpha value is -0.580. The normalized spacial score (nSPS) is 21.9. The molecular weight excluding hydrogens is 340 g/mol.